The molecule has 0 aliphatic heterocycles. The molecule has 25 heavy (non-hydrogen) atoms. The Morgan fingerprint density at radius 2 is 1.84 bits per heavy atom. The zero-order valence-electron chi connectivity index (χ0n) is 14.0. The van der Waals surface area contributed by atoms with Crippen molar-refractivity contribution in [3.63, 3.8) is 0 Å². The molecule has 5 nitrogen and oxygen atoms in total. The number of benzene rings is 2. The largest absolute Gasteiger partial charge is 0.376 e. The van der Waals surface area contributed by atoms with E-state index in [2.05, 4.69) is 10.6 Å². The van der Waals surface area contributed by atoms with Crippen molar-refractivity contribution < 1.29 is 14.0 Å². The number of carbonyl (C=O) groups is 2. The molecule has 0 fully saturated rings. The Kier molecular flexibility index (Phi) is 6.36. The summed E-state index contributed by atoms with van der Waals surface area (Å²) >= 11 is 5.80. The number of hydrogen-bond donors (Lipinski definition) is 2. The molecule has 132 valence electrons. The van der Waals surface area contributed by atoms with E-state index in [1.807, 2.05) is 12.1 Å². The summed E-state index contributed by atoms with van der Waals surface area (Å²) in [6.07, 6.45) is 0.223. The average Bonchev–Trinajstić information content (AvgIpc) is 2.57. The van der Waals surface area contributed by atoms with Gasteiger partial charge in [0.15, 0.2) is 0 Å². The van der Waals surface area contributed by atoms with Gasteiger partial charge in [-0.2, -0.15) is 0 Å². The van der Waals surface area contributed by atoms with Gasteiger partial charge in [0.1, 0.15) is 5.82 Å². The van der Waals surface area contributed by atoms with Gasteiger partial charge in [0.05, 0.1) is 18.7 Å². The third kappa shape index (κ3) is 5.46. The van der Waals surface area contributed by atoms with Crippen molar-refractivity contribution in [2.45, 2.75) is 6.42 Å². The molecule has 0 heterocycles. The van der Waals surface area contributed by atoms with Crippen molar-refractivity contribution in [3.05, 3.63) is 58.9 Å². The lowest BCUT2D eigenvalue weighted by Gasteiger charge is -2.14. The highest BCUT2D eigenvalue weighted by atomic mass is 35.5. The van der Waals surface area contributed by atoms with Gasteiger partial charge in [0, 0.05) is 24.8 Å². The summed E-state index contributed by atoms with van der Waals surface area (Å²) in [5, 5.41) is 5.77. The van der Waals surface area contributed by atoms with Crippen LogP contribution in [0.2, 0.25) is 5.02 Å². The molecule has 0 saturated carbocycles. The van der Waals surface area contributed by atoms with Crippen LogP contribution in [0.3, 0.4) is 0 Å². The molecule has 0 aromatic heterocycles. The summed E-state index contributed by atoms with van der Waals surface area (Å²) in [6, 6.07) is 11.2. The van der Waals surface area contributed by atoms with Gasteiger partial charge in [-0.05, 0) is 29.8 Å². The van der Waals surface area contributed by atoms with E-state index in [-0.39, 0.29) is 24.6 Å². The summed E-state index contributed by atoms with van der Waals surface area (Å²) < 4.78 is 13.6. The Labute approximate surface area is 150 Å². The van der Waals surface area contributed by atoms with Crippen molar-refractivity contribution >= 4 is 34.8 Å². The molecular weight excluding hydrogens is 345 g/mol. The Morgan fingerprint density at radius 1 is 1.12 bits per heavy atom. The van der Waals surface area contributed by atoms with Crippen molar-refractivity contribution in [1.82, 2.24) is 4.90 Å². The summed E-state index contributed by atoms with van der Waals surface area (Å²) in [4.78, 5) is 25.4. The van der Waals surface area contributed by atoms with Gasteiger partial charge in [0.2, 0.25) is 11.8 Å². The van der Waals surface area contributed by atoms with Crippen molar-refractivity contribution in [1.29, 1.82) is 0 Å². The third-order valence-corrected chi connectivity index (χ3v) is 3.73. The minimum absolute atomic E-state index is 0.0235. The van der Waals surface area contributed by atoms with E-state index in [1.54, 1.807) is 26.2 Å². The molecule has 0 atom stereocenters. The number of amides is 2. The van der Waals surface area contributed by atoms with Gasteiger partial charge in [-0.3, -0.25) is 9.59 Å². The van der Waals surface area contributed by atoms with Crippen LogP contribution < -0.4 is 10.6 Å². The van der Waals surface area contributed by atoms with Gasteiger partial charge in [0.25, 0.3) is 0 Å². The predicted octanol–water partition coefficient (Wildman–Crippen LogP) is 3.16. The second-order valence-electron chi connectivity index (χ2n) is 5.65. The van der Waals surface area contributed by atoms with Crippen molar-refractivity contribution in [2.75, 3.05) is 31.3 Å². The molecule has 2 rings (SSSR count). The van der Waals surface area contributed by atoms with Crippen LogP contribution in [0.15, 0.2) is 42.5 Å². The Hall–Kier alpha value is -2.60. The maximum atomic E-state index is 13.6. The van der Waals surface area contributed by atoms with Gasteiger partial charge < -0.3 is 15.5 Å². The number of hydrogen-bond acceptors (Lipinski definition) is 3. The van der Waals surface area contributed by atoms with E-state index in [1.165, 1.54) is 23.1 Å². The maximum Gasteiger partial charge on any atom is 0.243 e. The normalized spacial score (nSPS) is 10.2. The zero-order valence-corrected chi connectivity index (χ0v) is 14.7. The molecule has 7 heteroatoms. The average molecular weight is 364 g/mol. The molecule has 2 amide bonds. The van der Waals surface area contributed by atoms with E-state index in [9.17, 15) is 14.0 Å². The number of nitrogens with one attached hydrogen (secondary N) is 2. The van der Waals surface area contributed by atoms with Gasteiger partial charge in [-0.15, -0.1) is 0 Å². The highest BCUT2D eigenvalue weighted by Crippen LogP contribution is 2.20. The quantitative estimate of drug-likeness (QED) is 0.828. The maximum absolute atomic E-state index is 13.6. The van der Waals surface area contributed by atoms with E-state index >= 15 is 0 Å². The number of anilines is 2. The second-order valence-corrected chi connectivity index (χ2v) is 6.08. The summed E-state index contributed by atoms with van der Waals surface area (Å²) in [5.41, 5.74) is 1.48. The molecular formula is C18H19ClFN3O2. The summed E-state index contributed by atoms with van der Waals surface area (Å²) in [5.74, 6) is -1.02. The minimum atomic E-state index is -0.560. The van der Waals surface area contributed by atoms with Crippen LogP contribution in [-0.2, 0) is 16.0 Å². The van der Waals surface area contributed by atoms with Crippen molar-refractivity contribution in [2.24, 2.45) is 0 Å². The van der Waals surface area contributed by atoms with Gasteiger partial charge in [-0.1, -0.05) is 29.8 Å². The minimum Gasteiger partial charge on any atom is -0.376 e. The fraction of sp³-hybridized carbons (Fsp3) is 0.222. The standard InChI is InChI=1S/C18H19ClFN3O2/c1-23(2)18(25)9-12-5-3-4-6-15(12)21-11-17(24)22-16-10-13(19)7-8-14(16)20/h3-8,10,21H,9,11H2,1-2H3,(H,22,24). The van der Waals surface area contributed by atoms with Gasteiger partial charge in [-0.25, -0.2) is 4.39 Å². The number of para-hydroxylation sites is 1. The first-order valence-electron chi connectivity index (χ1n) is 7.63. The third-order valence-electron chi connectivity index (χ3n) is 3.50. The van der Waals surface area contributed by atoms with Crippen LogP contribution in [0.1, 0.15) is 5.56 Å². The SMILES string of the molecule is CN(C)C(=O)Cc1ccccc1NCC(=O)Nc1cc(Cl)ccc1F. The monoisotopic (exact) mass is 363 g/mol. The molecule has 0 aliphatic carbocycles. The van der Waals surface area contributed by atoms with Crippen LogP contribution in [0.5, 0.6) is 0 Å². The Balaban J connectivity index is 2.00. The molecule has 2 N–H and O–H groups in total. The highest BCUT2D eigenvalue weighted by Gasteiger charge is 2.11. The molecule has 0 spiro atoms. The van der Waals surface area contributed by atoms with Crippen LogP contribution >= 0.6 is 11.6 Å². The van der Waals surface area contributed by atoms with Crippen molar-refractivity contribution in [3.8, 4) is 0 Å². The van der Waals surface area contributed by atoms with E-state index in [0.717, 1.165) is 5.56 Å². The van der Waals surface area contributed by atoms with Crippen LogP contribution in [0, 0.1) is 5.82 Å². The Bertz CT molecular complexity index is 781. The molecule has 0 radical (unpaired) electrons. The first kappa shape index (κ1) is 18.7. The zero-order chi connectivity index (χ0) is 18.4. The topological polar surface area (TPSA) is 61.4 Å². The first-order chi connectivity index (χ1) is 11.9. The lowest BCUT2D eigenvalue weighted by atomic mass is 10.1. The summed E-state index contributed by atoms with van der Waals surface area (Å²) in [6.45, 7) is -0.0703. The van der Waals surface area contributed by atoms with E-state index < -0.39 is 11.7 Å². The number of carbonyl (C=O) groups excluding carboxylic acids is 2. The van der Waals surface area contributed by atoms with E-state index in [0.29, 0.717) is 10.7 Å². The van der Waals surface area contributed by atoms with E-state index in [4.69, 9.17) is 11.6 Å². The molecule has 0 bridgehead atoms. The molecule has 0 unspecified atom stereocenters. The lowest BCUT2D eigenvalue weighted by molar-refractivity contribution is -0.127. The first-order valence-corrected chi connectivity index (χ1v) is 8.01. The molecule has 0 saturated heterocycles. The van der Waals surface area contributed by atoms with Gasteiger partial charge >= 0.3 is 0 Å². The Morgan fingerprint density at radius 3 is 2.56 bits per heavy atom. The highest BCUT2D eigenvalue weighted by molar-refractivity contribution is 6.30. The fourth-order valence-electron chi connectivity index (χ4n) is 2.13. The number of nitrogens with zero attached hydrogens (tertiary/aromatic N) is 1. The number of halogens is 2. The second kappa shape index (κ2) is 8.48. The number of rotatable bonds is 6. The summed E-state index contributed by atoms with van der Waals surface area (Å²) in [7, 11) is 3.37. The lowest BCUT2D eigenvalue weighted by Crippen LogP contribution is -2.25. The van der Waals surface area contributed by atoms with Crippen LogP contribution in [0.4, 0.5) is 15.8 Å². The fourth-order valence-corrected chi connectivity index (χ4v) is 2.30. The molecule has 2 aromatic carbocycles. The smallest absolute Gasteiger partial charge is 0.243 e. The number of likely N-dealkylation sites (N-methyl/N-ethyl adjacent to an activating group) is 1. The predicted molar refractivity (Wildman–Crippen MR) is 97.4 cm³/mol. The molecule has 2 aromatic rings. The van der Waals surface area contributed by atoms with Crippen LogP contribution in [-0.4, -0.2) is 37.4 Å². The molecule has 0 aliphatic rings. The van der Waals surface area contributed by atoms with Crippen LogP contribution in [0.25, 0.3) is 0 Å².